The number of allylic oxidation sites excluding steroid dienone is 3. The summed E-state index contributed by atoms with van der Waals surface area (Å²) in [4.78, 5) is 24.5. The van der Waals surface area contributed by atoms with Crippen molar-refractivity contribution in [2.45, 2.75) is 379 Å². The summed E-state index contributed by atoms with van der Waals surface area (Å²) in [5, 5.41) is 23.1. The van der Waals surface area contributed by atoms with Crippen LogP contribution in [0.1, 0.15) is 367 Å². The Morgan fingerprint density at radius 3 is 0.986 bits per heavy atom. The summed E-state index contributed by atoms with van der Waals surface area (Å²) in [6, 6.07) is -0.623. The molecule has 6 heteroatoms. The molecule has 0 aromatic carbocycles. The molecule has 3 N–H and O–H groups in total. The van der Waals surface area contributed by atoms with Crippen LogP contribution in [-0.2, 0) is 14.3 Å². The van der Waals surface area contributed by atoms with Gasteiger partial charge in [-0.2, -0.15) is 0 Å². The Morgan fingerprint density at radius 1 is 0.370 bits per heavy atom. The maximum absolute atomic E-state index is 12.4. The van der Waals surface area contributed by atoms with Gasteiger partial charge in [0.2, 0.25) is 5.91 Å². The van der Waals surface area contributed by atoms with Crippen molar-refractivity contribution in [2.24, 2.45) is 0 Å². The lowest BCUT2D eigenvalue weighted by molar-refractivity contribution is -0.143. The number of carbonyl (C=O) groups is 2. The van der Waals surface area contributed by atoms with Crippen LogP contribution in [0, 0.1) is 0 Å². The van der Waals surface area contributed by atoms with E-state index in [2.05, 4.69) is 31.3 Å². The van der Waals surface area contributed by atoms with Crippen molar-refractivity contribution in [3.8, 4) is 0 Å². The van der Waals surface area contributed by atoms with E-state index in [9.17, 15) is 19.8 Å². The number of amides is 1. The molecule has 432 valence electrons. The van der Waals surface area contributed by atoms with Gasteiger partial charge in [0.1, 0.15) is 0 Å². The lowest BCUT2D eigenvalue weighted by atomic mass is 10.0. The Kier molecular flexibility index (Phi) is 61.4. The summed E-state index contributed by atoms with van der Waals surface area (Å²) in [6.45, 7) is 4.90. The van der Waals surface area contributed by atoms with Gasteiger partial charge in [0.15, 0.2) is 0 Å². The molecule has 2 unspecified atom stereocenters. The zero-order valence-corrected chi connectivity index (χ0v) is 49.4. The summed E-state index contributed by atoms with van der Waals surface area (Å²) < 4.78 is 5.48. The Bertz CT molecular complexity index is 1140. The SMILES string of the molecule is CCCCCC/C=C\CCCCCCCC(=O)OCCCCCCCCCCCCCCCCCCCCCCCCCCCCCCCCCC(=O)NC(CO)C(O)/C=C/CCCCCCCCCCCC. The van der Waals surface area contributed by atoms with Crippen LogP contribution in [0.25, 0.3) is 0 Å². The molecule has 0 aromatic heterocycles. The number of aliphatic hydroxyl groups is 2. The van der Waals surface area contributed by atoms with Gasteiger partial charge in [0, 0.05) is 12.8 Å². The fraction of sp³-hybridized carbons (Fsp3) is 0.910. The molecule has 0 saturated heterocycles. The van der Waals surface area contributed by atoms with Crippen LogP contribution in [-0.4, -0.2) is 47.4 Å². The molecule has 0 radical (unpaired) electrons. The van der Waals surface area contributed by atoms with Gasteiger partial charge >= 0.3 is 5.97 Å². The average molecular weight is 1030 g/mol. The smallest absolute Gasteiger partial charge is 0.305 e. The molecule has 6 nitrogen and oxygen atoms in total. The van der Waals surface area contributed by atoms with Crippen LogP contribution in [0.4, 0.5) is 0 Å². The van der Waals surface area contributed by atoms with Crippen molar-refractivity contribution in [2.75, 3.05) is 13.2 Å². The van der Waals surface area contributed by atoms with Gasteiger partial charge in [-0.15, -0.1) is 0 Å². The molecule has 0 aliphatic rings. The van der Waals surface area contributed by atoms with Gasteiger partial charge in [0.05, 0.1) is 25.4 Å². The van der Waals surface area contributed by atoms with Crippen LogP contribution >= 0.6 is 0 Å². The highest BCUT2D eigenvalue weighted by Crippen LogP contribution is 2.18. The van der Waals surface area contributed by atoms with Gasteiger partial charge in [-0.3, -0.25) is 9.59 Å². The normalized spacial score (nSPS) is 12.7. The van der Waals surface area contributed by atoms with E-state index in [0.29, 0.717) is 19.4 Å². The van der Waals surface area contributed by atoms with Gasteiger partial charge in [-0.05, 0) is 57.8 Å². The van der Waals surface area contributed by atoms with Crippen molar-refractivity contribution in [3.05, 3.63) is 24.3 Å². The summed E-state index contributed by atoms with van der Waals surface area (Å²) in [7, 11) is 0. The summed E-state index contributed by atoms with van der Waals surface area (Å²) >= 11 is 0. The van der Waals surface area contributed by atoms with Crippen LogP contribution in [0.5, 0.6) is 0 Å². The predicted molar refractivity (Wildman–Crippen MR) is 320 cm³/mol. The van der Waals surface area contributed by atoms with Crippen LogP contribution in [0.3, 0.4) is 0 Å². The molecule has 0 aliphatic heterocycles. The second kappa shape index (κ2) is 62.9. The summed E-state index contributed by atoms with van der Waals surface area (Å²) in [5.74, 6) is -0.0517. The number of unbranched alkanes of at least 4 members (excludes halogenated alkanes) is 49. The van der Waals surface area contributed by atoms with E-state index in [-0.39, 0.29) is 18.5 Å². The number of hydrogen-bond acceptors (Lipinski definition) is 5. The first-order chi connectivity index (χ1) is 36.0. The fourth-order valence-corrected chi connectivity index (χ4v) is 10.4. The molecule has 2 atom stereocenters. The lowest BCUT2D eigenvalue weighted by Gasteiger charge is -2.20. The number of esters is 1. The largest absolute Gasteiger partial charge is 0.466 e. The van der Waals surface area contributed by atoms with E-state index in [1.807, 2.05) is 6.08 Å². The second-order valence-corrected chi connectivity index (χ2v) is 22.8. The molecule has 0 saturated carbocycles. The van der Waals surface area contributed by atoms with Crippen molar-refractivity contribution >= 4 is 11.9 Å². The molecule has 1 amide bonds. The maximum atomic E-state index is 12.4. The lowest BCUT2D eigenvalue weighted by Crippen LogP contribution is -2.45. The maximum Gasteiger partial charge on any atom is 0.305 e. The number of ether oxygens (including phenoxy) is 1. The Hall–Kier alpha value is -1.66. The third kappa shape index (κ3) is 59.4. The topological polar surface area (TPSA) is 95.9 Å². The quantitative estimate of drug-likeness (QED) is 0.0320. The molecule has 0 aromatic rings. The first-order valence-corrected chi connectivity index (χ1v) is 33.1. The highest BCUT2D eigenvalue weighted by Gasteiger charge is 2.18. The molecule has 0 bridgehead atoms. The van der Waals surface area contributed by atoms with Crippen molar-refractivity contribution in [1.82, 2.24) is 5.32 Å². The summed E-state index contributed by atoms with van der Waals surface area (Å²) in [6.07, 6.45) is 78.2. The van der Waals surface area contributed by atoms with Crippen molar-refractivity contribution < 1.29 is 24.5 Å². The standard InChI is InChI=1S/C67H129NO5/c1-3-5-7-9-11-13-15-36-41-45-49-53-57-61-67(72)73-62-58-54-50-46-42-38-35-33-31-29-27-25-23-21-19-17-18-20-22-24-26-28-30-32-34-37-40-44-48-52-56-60-66(71)68-64(63-69)65(70)59-55-51-47-43-39-16-14-12-10-8-6-4-2/h13,15,55,59,64-65,69-70H,3-12,14,16-54,56-58,60-63H2,1-2H3,(H,68,71)/b15-13-,59-55+. The van der Waals surface area contributed by atoms with Crippen molar-refractivity contribution in [1.29, 1.82) is 0 Å². The van der Waals surface area contributed by atoms with Gasteiger partial charge in [-0.1, -0.05) is 321 Å². The zero-order chi connectivity index (χ0) is 52.9. The Balaban J connectivity index is 3.32. The monoisotopic (exact) mass is 1030 g/mol. The highest BCUT2D eigenvalue weighted by molar-refractivity contribution is 5.76. The average Bonchev–Trinajstić information content (AvgIpc) is 3.39. The third-order valence-corrected chi connectivity index (χ3v) is 15.5. The molecular formula is C67H129NO5. The van der Waals surface area contributed by atoms with Gasteiger partial charge in [-0.25, -0.2) is 0 Å². The van der Waals surface area contributed by atoms with Gasteiger partial charge < -0.3 is 20.3 Å². The molecule has 0 spiro atoms. The molecular weight excluding hydrogens is 899 g/mol. The van der Waals surface area contributed by atoms with Crippen LogP contribution in [0.2, 0.25) is 0 Å². The zero-order valence-electron chi connectivity index (χ0n) is 49.4. The van der Waals surface area contributed by atoms with E-state index in [4.69, 9.17) is 4.74 Å². The number of rotatable bonds is 62. The number of aliphatic hydroxyl groups excluding tert-OH is 2. The molecule has 0 heterocycles. The predicted octanol–water partition coefficient (Wildman–Crippen LogP) is 21.0. The molecule has 0 rings (SSSR count). The van der Waals surface area contributed by atoms with E-state index in [0.717, 1.165) is 44.9 Å². The second-order valence-electron chi connectivity index (χ2n) is 22.8. The fourth-order valence-electron chi connectivity index (χ4n) is 10.4. The molecule has 0 fully saturated rings. The first-order valence-electron chi connectivity index (χ1n) is 33.1. The van der Waals surface area contributed by atoms with E-state index in [1.165, 1.54) is 295 Å². The Labute approximate surface area is 456 Å². The minimum atomic E-state index is -0.840. The molecule has 0 aliphatic carbocycles. The molecule has 73 heavy (non-hydrogen) atoms. The van der Waals surface area contributed by atoms with E-state index in [1.54, 1.807) is 6.08 Å². The van der Waals surface area contributed by atoms with Crippen LogP contribution < -0.4 is 5.32 Å². The highest BCUT2D eigenvalue weighted by atomic mass is 16.5. The minimum absolute atomic E-state index is 0.0113. The minimum Gasteiger partial charge on any atom is -0.466 e. The first kappa shape index (κ1) is 71.3. The Morgan fingerprint density at radius 2 is 0.644 bits per heavy atom. The third-order valence-electron chi connectivity index (χ3n) is 15.5. The van der Waals surface area contributed by atoms with E-state index >= 15 is 0 Å². The number of hydrogen-bond donors (Lipinski definition) is 3. The van der Waals surface area contributed by atoms with Crippen molar-refractivity contribution in [3.63, 3.8) is 0 Å². The van der Waals surface area contributed by atoms with Crippen LogP contribution in [0.15, 0.2) is 24.3 Å². The van der Waals surface area contributed by atoms with E-state index < -0.39 is 12.1 Å². The summed E-state index contributed by atoms with van der Waals surface area (Å²) in [5.41, 5.74) is 0. The number of nitrogens with one attached hydrogen (secondary N) is 1. The number of carbonyl (C=O) groups excluding carboxylic acids is 2. The van der Waals surface area contributed by atoms with Gasteiger partial charge in [0.25, 0.3) is 0 Å².